The van der Waals surface area contributed by atoms with Gasteiger partial charge in [0.05, 0.1) is 16.2 Å². The molecule has 14 nitrogen and oxygen atoms in total. The monoisotopic (exact) mass is 790 g/mol. The molecule has 54 heavy (non-hydrogen) atoms. The van der Waals surface area contributed by atoms with E-state index in [1.807, 2.05) is 12.1 Å². The number of amides is 3. The van der Waals surface area contributed by atoms with Crippen molar-refractivity contribution in [1.29, 1.82) is 0 Å². The van der Waals surface area contributed by atoms with Crippen LogP contribution in [0.4, 0.5) is 30.8 Å². The summed E-state index contributed by atoms with van der Waals surface area (Å²) in [6.07, 6.45) is -0.593. The number of aromatic nitrogens is 3. The summed E-state index contributed by atoms with van der Waals surface area (Å²) in [5.74, 6) is -2.51. The van der Waals surface area contributed by atoms with E-state index >= 15 is 0 Å². The van der Waals surface area contributed by atoms with E-state index in [-0.39, 0.29) is 30.4 Å². The number of nitrogens with one attached hydrogen (secondary N) is 5. The molecule has 3 aliphatic carbocycles. The molecule has 0 spiro atoms. The van der Waals surface area contributed by atoms with Crippen molar-refractivity contribution in [2.45, 2.75) is 68.5 Å². The van der Waals surface area contributed by atoms with Crippen LogP contribution in [0.25, 0.3) is 0 Å². The van der Waals surface area contributed by atoms with Crippen molar-refractivity contribution in [2.24, 2.45) is 11.3 Å². The van der Waals surface area contributed by atoms with Gasteiger partial charge in [-0.1, -0.05) is 29.8 Å². The Morgan fingerprint density at radius 2 is 1.65 bits per heavy atom. The summed E-state index contributed by atoms with van der Waals surface area (Å²) in [6.45, 7) is 5.08. The highest BCUT2D eigenvalue weighted by Crippen LogP contribution is 2.48. The zero-order valence-electron chi connectivity index (χ0n) is 29.2. The molecule has 1 heterocycles. The van der Waals surface area contributed by atoms with Gasteiger partial charge in [-0.2, -0.15) is 28.1 Å². The summed E-state index contributed by atoms with van der Waals surface area (Å²) in [7, 11) is -3.84. The molecule has 0 aliphatic heterocycles. The number of ether oxygens (including phenoxy) is 1. The fourth-order valence-corrected chi connectivity index (χ4v) is 7.17. The first-order chi connectivity index (χ1) is 25.3. The highest BCUT2D eigenvalue weighted by molar-refractivity contribution is 7.91. The summed E-state index contributed by atoms with van der Waals surface area (Å²) in [6, 6.07) is 12.6. The summed E-state index contributed by atoms with van der Waals surface area (Å²) < 4.78 is 70.6. The van der Waals surface area contributed by atoms with E-state index in [4.69, 9.17) is 16.3 Å². The summed E-state index contributed by atoms with van der Waals surface area (Å²) >= 11 is 6.03. The molecule has 0 radical (unpaired) electrons. The lowest BCUT2D eigenvalue weighted by Gasteiger charge is -2.27. The van der Waals surface area contributed by atoms with Gasteiger partial charge < -0.3 is 26.0 Å². The van der Waals surface area contributed by atoms with Gasteiger partial charge in [0.2, 0.25) is 27.8 Å². The molecule has 1 aromatic heterocycles. The van der Waals surface area contributed by atoms with E-state index < -0.39 is 74.2 Å². The number of carbonyl (C=O) groups is 3. The molecule has 3 saturated carbocycles. The van der Waals surface area contributed by atoms with E-state index in [2.05, 4.69) is 47.5 Å². The second-order valence-electron chi connectivity index (χ2n) is 14.3. The van der Waals surface area contributed by atoms with Gasteiger partial charge in [-0.05, 0) is 87.9 Å². The van der Waals surface area contributed by atoms with Crippen LogP contribution in [0, 0.1) is 11.3 Å². The maximum atomic E-state index is 13.3. The average molecular weight is 791 g/mol. The Balaban J connectivity index is 1.08. The van der Waals surface area contributed by atoms with Crippen molar-refractivity contribution in [3.63, 3.8) is 0 Å². The van der Waals surface area contributed by atoms with Crippen LogP contribution in [-0.2, 0) is 25.2 Å². The van der Waals surface area contributed by atoms with Gasteiger partial charge in [0.25, 0.3) is 11.8 Å². The Kier molecular flexibility index (Phi) is 10.3. The number of alkyl halides is 3. The van der Waals surface area contributed by atoms with Gasteiger partial charge in [0.15, 0.2) is 6.61 Å². The highest BCUT2D eigenvalue weighted by Gasteiger charge is 2.61. The fraction of sp³-hybridized carbons (Fsp3) is 0.429. The molecule has 2 aromatic carbocycles. The quantitative estimate of drug-likeness (QED) is 0.126. The minimum absolute atomic E-state index is 0.0173. The lowest BCUT2D eigenvalue weighted by molar-refractivity contribution is -0.154. The number of hydrogen-bond donors (Lipinski definition) is 5. The summed E-state index contributed by atoms with van der Waals surface area (Å²) in [4.78, 5) is 51.8. The maximum absolute atomic E-state index is 13.3. The number of rotatable bonds is 16. The largest absolute Gasteiger partial charge is 0.454 e. The molecule has 0 bridgehead atoms. The smallest absolute Gasteiger partial charge is 0.422 e. The lowest BCUT2D eigenvalue weighted by Crippen LogP contribution is -2.56. The third-order valence-corrected chi connectivity index (χ3v) is 11.5. The SMILES string of the molecule is C=CC1CC1(NC(=O)C(C)(C)CNC(=O)c1ccc(Nc2nc(NC3(c4ccc(Cl)cc4)CC3)nc(OCC(F)(F)F)n2)cc1)C(=O)NS(=O)(=O)C1CC1. The molecule has 2 atom stereocenters. The number of benzene rings is 2. The molecular weight excluding hydrogens is 753 g/mol. The number of sulfonamides is 1. The average Bonchev–Trinajstić information content (AvgIpc) is 3.98. The second-order valence-corrected chi connectivity index (χ2v) is 16.7. The van der Waals surface area contributed by atoms with Crippen LogP contribution < -0.4 is 30.7 Å². The van der Waals surface area contributed by atoms with E-state index in [0.29, 0.717) is 36.4 Å². The van der Waals surface area contributed by atoms with E-state index in [0.717, 1.165) is 5.56 Å². The second kappa shape index (κ2) is 14.4. The minimum atomic E-state index is -4.63. The van der Waals surface area contributed by atoms with Crippen molar-refractivity contribution in [2.75, 3.05) is 23.8 Å². The van der Waals surface area contributed by atoms with Gasteiger partial charge in [0, 0.05) is 28.7 Å². The van der Waals surface area contributed by atoms with Crippen LogP contribution in [0.5, 0.6) is 6.01 Å². The molecule has 5 N–H and O–H groups in total. The summed E-state index contributed by atoms with van der Waals surface area (Å²) in [5.41, 5.74) is -1.71. The van der Waals surface area contributed by atoms with Gasteiger partial charge in [-0.25, -0.2) is 8.42 Å². The molecule has 3 amide bonds. The molecule has 0 saturated heterocycles. The number of nitrogens with zero attached hydrogens (tertiary/aromatic N) is 3. The Hall–Kier alpha value is -4.97. The zero-order valence-corrected chi connectivity index (χ0v) is 30.8. The molecule has 19 heteroatoms. The predicted molar refractivity (Wildman–Crippen MR) is 192 cm³/mol. The number of carbonyl (C=O) groups excluding carboxylic acids is 3. The molecule has 3 fully saturated rings. The van der Waals surface area contributed by atoms with Crippen LogP contribution in [0.3, 0.4) is 0 Å². The molecule has 3 aliphatic rings. The predicted octanol–water partition coefficient (Wildman–Crippen LogP) is 4.74. The van der Waals surface area contributed by atoms with Crippen molar-refractivity contribution >= 4 is 56.9 Å². The Morgan fingerprint density at radius 1 is 1.00 bits per heavy atom. The third kappa shape index (κ3) is 9.03. The first-order valence-corrected chi connectivity index (χ1v) is 18.9. The molecule has 6 rings (SSSR count). The minimum Gasteiger partial charge on any atom is -0.454 e. The molecule has 288 valence electrons. The van der Waals surface area contributed by atoms with Crippen molar-refractivity contribution in [1.82, 2.24) is 30.3 Å². The van der Waals surface area contributed by atoms with Crippen molar-refractivity contribution in [3.8, 4) is 6.01 Å². The first kappa shape index (κ1) is 38.7. The maximum Gasteiger partial charge on any atom is 0.422 e. The van der Waals surface area contributed by atoms with E-state index in [1.54, 1.807) is 26.0 Å². The molecule has 2 unspecified atom stereocenters. The van der Waals surface area contributed by atoms with Crippen LogP contribution in [0.2, 0.25) is 5.02 Å². The fourth-order valence-electron chi connectivity index (χ4n) is 5.68. The third-order valence-electron chi connectivity index (χ3n) is 9.43. The van der Waals surface area contributed by atoms with E-state index in [1.165, 1.54) is 30.3 Å². The summed E-state index contributed by atoms with van der Waals surface area (Å²) in [5, 5.41) is 11.4. The number of hydrogen-bond acceptors (Lipinski definition) is 11. The molecule has 3 aromatic rings. The lowest BCUT2D eigenvalue weighted by atomic mass is 9.91. The van der Waals surface area contributed by atoms with Gasteiger partial charge in [-0.15, -0.1) is 6.58 Å². The Morgan fingerprint density at radius 3 is 2.22 bits per heavy atom. The van der Waals surface area contributed by atoms with Gasteiger partial charge >= 0.3 is 12.2 Å². The van der Waals surface area contributed by atoms with Crippen molar-refractivity contribution in [3.05, 3.63) is 77.3 Å². The Labute approximate surface area is 314 Å². The zero-order chi connectivity index (χ0) is 39.1. The standard InChI is InChI=1S/C35H38ClF3N8O6S/c1-4-21-17-34(21,28(50)47-54(51,52)25-13-14-25)45-27(49)32(2,3)18-40-26(48)20-5-11-24(12-6-20)41-29-42-30(44-31(43-29)53-19-35(37,38)39)46-33(15-16-33)22-7-9-23(36)10-8-22/h4-12,21,25H,1,13-19H2,2-3H3,(H,40,48)(H,45,49)(H,47,50)(H2,41,42,43,44,46). The first-order valence-electron chi connectivity index (χ1n) is 17.0. The van der Waals surface area contributed by atoms with Crippen LogP contribution in [-0.4, -0.2) is 71.2 Å². The van der Waals surface area contributed by atoms with Crippen LogP contribution >= 0.6 is 11.6 Å². The van der Waals surface area contributed by atoms with Gasteiger partial charge in [-0.3, -0.25) is 19.1 Å². The number of halogens is 4. The number of anilines is 3. The topological polar surface area (TPSA) is 193 Å². The van der Waals surface area contributed by atoms with Crippen LogP contribution in [0.15, 0.2) is 61.2 Å². The Bertz CT molecular complexity index is 2060. The van der Waals surface area contributed by atoms with Crippen molar-refractivity contribution < 1.29 is 40.7 Å². The van der Waals surface area contributed by atoms with Crippen LogP contribution in [0.1, 0.15) is 61.9 Å². The molecular formula is C35H38ClF3N8O6S. The normalized spacial score (nSPS) is 20.2. The van der Waals surface area contributed by atoms with E-state index in [9.17, 15) is 36.0 Å². The highest BCUT2D eigenvalue weighted by atomic mass is 35.5. The van der Waals surface area contributed by atoms with Gasteiger partial charge in [0.1, 0.15) is 5.54 Å².